The van der Waals surface area contributed by atoms with E-state index in [1.54, 1.807) is 36.4 Å². The highest BCUT2D eigenvalue weighted by atomic mass is 16.3. The highest BCUT2D eigenvalue weighted by Gasteiger charge is 2.43. The molecule has 1 aromatic heterocycles. The second-order valence-corrected chi connectivity index (χ2v) is 5.53. The number of hydrogen-bond donors (Lipinski definition) is 1. The van der Waals surface area contributed by atoms with Crippen LogP contribution >= 0.6 is 0 Å². The number of nitrogens with zero attached hydrogens (tertiary/aromatic N) is 1. The molecule has 6 nitrogen and oxygen atoms in total. The summed E-state index contributed by atoms with van der Waals surface area (Å²) in [6, 6.07) is 9.15. The number of fused-ring (bicyclic) bond motifs is 1. The van der Waals surface area contributed by atoms with Gasteiger partial charge in [-0.2, -0.15) is 0 Å². The van der Waals surface area contributed by atoms with Gasteiger partial charge in [0.2, 0.25) is 0 Å². The van der Waals surface area contributed by atoms with Crippen LogP contribution < -0.4 is 5.32 Å². The van der Waals surface area contributed by atoms with E-state index in [4.69, 9.17) is 4.42 Å². The molecule has 2 aromatic rings. The van der Waals surface area contributed by atoms with Crippen molar-refractivity contribution >= 4 is 23.3 Å². The number of nitrogens with one attached hydrogen (secondary N) is 1. The Bertz CT molecular complexity index is 816. The van der Waals surface area contributed by atoms with Gasteiger partial charge in [0.1, 0.15) is 11.7 Å². The lowest BCUT2D eigenvalue weighted by atomic mass is 9.91. The first-order valence-electron chi connectivity index (χ1n) is 7.24. The topological polar surface area (TPSA) is 88.7 Å². The number of Topliss-reactive ketones (excluding diaryl/α,β-unsaturated/α-hetero) is 2. The summed E-state index contributed by atoms with van der Waals surface area (Å²) in [5.74, 6) is -1.02. The van der Waals surface area contributed by atoms with Crippen molar-refractivity contribution in [2.45, 2.75) is 12.5 Å². The van der Waals surface area contributed by atoms with Crippen LogP contribution in [0.15, 0.2) is 52.1 Å². The Balaban J connectivity index is 1.70. The molecular weight excluding hydrogens is 296 g/mol. The number of carbonyl (C=O) groups is 3. The van der Waals surface area contributed by atoms with Crippen molar-refractivity contribution in [1.29, 1.82) is 0 Å². The molecule has 1 aliphatic carbocycles. The molecule has 1 aliphatic heterocycles. The zero-order valence-corrected chi connectivity index (χ0v) is 12.0. The van der Waals surface area contributed by atoms with E-state index in [1.807, 2.05) is 0 Å². The molecule has 114 valence electrons. The maximum absolute atomic E-state index is 12.5. The van der Waals surface area contributed by atoms with Gasteiger partial charge in [0.25, 0.3) is 0 Å². The van der Waals surface area contributed by atoms with Crippen LogP contribution in [0.25, 0.3) is 0 Å². The van der Waals surface area contributed by atoms with E-state index in [1.165, 1.54) is 6.26 Å². The Hall–Kier alpha value is -3.02. The summed E-state index contributed by atoms with van der Waals surface area (Å²) >= 11 is 0. The van der Waals surface area contributed by atoms with Crippen molar-refractivity contribution in [1.82, 2.24) is 5.32 Å². The quantitative estimate of drug-likeness (QED) is 0.863. The smallest absolute Gasteiger partial charge is 0.341 e. The minimum atomic E-state index is -1.00. The molecule has 0 spiro atoms. The fourth-order valence-corrected chi connectivity index (χ4v) is 3.11. The van der Waals surface area contributed by atoms with Gasteiger partial charge >= 0.3 is 6.03 Å². The van der Waals surface area contributed by atoms with Crippen molar-refractivity contribution in [3.05, 3.63) is 59.5 Å². The average Bonchev–Trinajstić information content (AvgIpc) is 3.16. The van der Waals surface area contributed by atoms with E-state index >= 15 is 0 Å². The monoisotopic (exact) mass is 308 g/mol. The van der Waals surface area contributed by atoms with Crippen molar-refractivity contribution in [2.24, 2.45) is 10.9 Å². The van der Waals surface area contributed by atoms with E-state index in [2.05, 4.69) is 10.3 Å². The van der Waals surface area contributed by atoms with E-state index < -0.39 is 18.0 Å². The summed E-state index contributed by atoms with van der Waals surface area (Å²) < 4.78 is 5.31. The molecule has 0 radical (unpaired) electrons. The normalized spacial score (nSPS) is 21.1. The van der Waals surface area contributed by atoms with Gasteiger partial charge in [-0.1, -0.05) is 24.3 Å². The maximum atomic E-state index is 12.5. The van der Waals surface area contributed by atoms with Crippen LogP contribution in [0.1, 0.15) is 38.9 Å². The highest BCUT2D eigenvalue weighted by Crippen LogP contribution is 2.32. The zero-order valence-electron chi connectivity index (χ0n) is 12.0. The first kappa shape index (κ1) is 13.6. The molecule has 0 bridgehead atoms. The van der Waals surface area contributed by atoms with Gasteiger partial charge in [-0.3, -0.25) is 9.59 Å². The number of hydrogen-bond acceptors (Lipinski definition) is 4. The average molecular weight is 308 g/mol. The number of rotatable bonds is 2. The number of aliphatic imine (C=N–C) groups is 1. The molecule has 6 heteroatoms. The molecule has 1 aromatic carbocycles. The van der Waals surface area contributed by atoms with Crippen LogP contribution in [-0.2, 0) is 0 Å². The fourth-order valence-electron chi connectivity index (χ4n) is 3.11. The van der Waals surface area contributed by atoms with E-state index in [-0.39, 0.29) is 18.0 Å². The Morgan fingerprint density at radius 2 is 1.70 bits per heavy atom. The molecule has 1 atom stereocenters. The Morgan fingerprint density at radius 3 is 2.30 bits per heavy atom. The van der Waals surface area contributed by atoms with Crippen LogP contribution in [0.5, 0.6) is 0 Å². The largest absolute Gasteiger partial charge is 0.467 e. The van der Waals surface area contributed by atoms with Crippen molar-refractivity contribution in [2.75, 3.05) is 0 Å². The van der Waals surface area contributed by atoms with Gasteiger partial charge in [-0.15, -0.1) is 0 Å². The SMILES string of the molecule is O=C1N=C(C2C(=O)c3ccccc3C2=O)CC(c2ccco2)N1. The summed E-state index contributed by atoms with van der Waals surface area (Å²) in [5.41, 5.74) is 1.08. The molecule has 2 aliphatic rings. The van der Waals surface area contributed by atoms with Gasteiger partial charge in [0.05, 0.1) is 12.3 Å². The zero-order chi connectivity index (χ0) is 16.0. The van der Waals surface area contributed by atoms with Crippen LogP contribution in [0, 0.1) is 5.92 Å². The van der Waals surface area contributed by atoms with Crippen LogP contribution in [0.4, 0.5) is 4.79 Å². The molecule has 4 rings (SSSR count). The number of benzene rings is 1. The lowest BCUT2D eigenvalue weighted by Gasteiger charge is -2.23. The minimum Gasteiger partial charge on any atom is -0.467 e. The van der Waals surface area contributed by atoms with Gasteiger partial charge < -0.3 is 9.73 Å². The Morgan fingerprint density at radius 1 is 1.00 bits per heavy atom. The highest BCUT2D eigenvalue weighted by molar-refractivity contribution is 6.37. The van der Waals surface area contributed by atoms with Gasteiger partial charge in [0.15, 0.2) is 11.6 Å². The second kappa shape index (κ2) is 5.01. The van der Waals surface area contributed by atoms with E-state index in [9.17, 15) is 14.4 Å². The summed E-state index contributed by atoms with van der Waals surface area (Å²) in [4.78, 5) is 40.8. The van der Waals surface area contributed by atoms with Crippen molar-refractivity contribution < 1.29 is 18.8 Å². The number of ketones is 2. The standard InChI is InChI=1S/C17H12N2O4/c20-15-9-4-1-2-5-10(9)16(21)14(15)12-8-11(18-17(22)19-12)13-6-3-7-23-13/h1-7,11,14H,8H2,(H,18,22). The summed E-state index contributed by atoms with van der Waals surface area (Å²) in [6.07, 6.45) is 1.78. The lowest BCUT2D eigenvalue weighted by Crippen LogP contribution is -2.38. The Labute approximate surface area is 131 Å². The lowest BCUT2D eigenvalue weighted by molar-refractivity contribution is 0.0881. The van der Waals surface area contributed by atoms with Crippen LogP contribution in [-0.4, -0.2) is 23.3 Å². The molecule has 0 fully saturated rings. The first-order chi connectivity index (χ1) is 11.1. The molecule has 0 saturated heterocycles. The van der Waals surface area contributed by atoms with Crippen LogP contribution in [0.2, 0.25) is 0 Å². The molecule has 1 N–H and O–H groups in total. The maximum Gasteiger partial charge on any atom is 0.341 e. The first-order valence-corrected chi connectivity index (χ1v) is 7.24. The number of furan rings is 1. The third-order valence-electron chi connectivity index (χ3n) is 4.16. The van der Waals surface area contributed by atoms with E-state index in [0.717, 1.165) is 0 Å². The molecule has 1 unspecified atom stereocenters. The predicted molar refractivity (Wildman–Crippen MR) is 80.6 cm³/mol. The molecular formula is C17H12N2O4. The predicted octanol–water partition coefficient (Wildman–Crippen LogP) is 2.57. The summed E-state index contributed by atoms with van der Waals surface area (Å²) in [6.45, 7) is 0. The molecule has 0 saturated carbocycles. The summed E-state index contributed by atoms with van der Waals surface area (Å²) in [7, 11) is 0. The van der Waals surface area contributed by atoms with Gasteiger partial charge in [-0.25, -0.2) is 9.79 Å². The fraction of sp³-hybridized carbons (Fsp3) is 0.176. The second-order valence-electron chi connectivity index (χ2n) is 5.53. The molecule has 2 amide bonds. The number of urea groups is 1. The third kappa shape index (κ3) is 2.11. The minimum absolute atomic E-state index is 0.273. The van der Waals surface area contributed by atoms with Crippen LogP contribution in [0.3, 0.4) is 0 Å². The number of amides is 2. The Kier molecular flexibility index (Phi) is 2.97. The summed E-state index contributed by atoms with van der Waals surface area (Å²) in [5, 5.41) is 2.68. The number of carbonyl (C=O) groups excluding carboxylic acids is 3. The van der Waals surface area contributed by atoms with Gasteiger partial charge in [0, 0.05) is 23.3 Å². The van der Waals surface area contributed by atoms with Crippen molar-refractivity contribution in [3.63, 3.8) is 0 Å². The molecule has 23 heavy (non-hydrogen) atoms. The molecule has 2 heterocycles. The van der Waals surface area contributed by atoms with Gasteiger partial charge in [-0.05, 0) is 12.1 Å². The van der Waals surface area contributed by atoms with Crippen molar-refractivity contribution in [3.8, 4) is 0 Å². The van der Waals surface area contributed by atoms with E-state index in [0.29, 0.717) is 22.6 Å². The third-order valence-corrected chi connectivity index (χ3v) is 4.16.